The maximum atomic E-state index is 12.8. The summed E-state index contributed by atoms with van der Waals surface area (Å²) in [6.45, 7) is 9.03. The molecule has 0 unspecified atom stereocenters. The Morgan fingerprint density at radius 3 is 2.43 bits per heavy atom. The molecule has 0 radical (unpaired) electrons. The second-order valence-corrected chi connectivity index (χ2v) is 8.68. The molecular weight excluding hydrogens is 350 g/mol. The van der Waals surface area contributed by atoms with Gasteiger partial charge in [-0.15, -0.1) is 0 Å². The van der Waals surface area contributed by atoms with Crippen molar-refractivity contribution in [1.29, 1.82) is 0 Å². The number of fused-ring (bicyclic) bond motifs is 2. The van der Waals surface area contributed by atoms with Crippen molar-refractivity contribution in [2.45, 2.75) is 47.1 Å². The van der Waals surface area contributed by atoms with Gasteiger partial charge in [0, 0.05) is 29.9 Å². The first kappa shape index (κ1) is 18.5. The number of carbonyl (C=O) groups is 2. The molecular formula is C24H25NO3. The molecule has 4 nitrogen and oxygen atoms in total. The van der Waals surface area contributed by atoms with E-state index < -0.39 is 5.97 Å². The molecule has 0 bridgehead atoms. The molecule has 28 heavy (non-hydrogen) atoms. The molecule has 4 rings (SSSR count). The van der Waals surface area contributed by atoms with Crippen molar-refractivity contribution in [1.82, 2.24) is 4.57 Å². The smallest absolute Gasteiger partial charge is 0.336 e. The summed E-state index contributed by atoms with van der Waals surface area (Å²) in [6, 6.07) is 11.2. The van der Waals surface area contributed by atoms with Gasteiger partial charge in [0.05, 0.1) is 5.56 Å². The van der Waals surface area contributed by atoms with Gasteiger partial charge in [-0.05, 0) is 53.6 Å². The largest absolute Gasteiger partial charge is 0.478 e. The first-order valence-corrected chi connectivity index (χ1v) is 9.65. The van der Waals surface area contributed by atoms with Crippen LogP contribution in [0, 0.1) is 19.3 Å². The number of Topliss-reactive ketones (excluding diaryl/α,β-unsaturated/α-hetero) is 1. The molecule has 1 N–H and O–H groups in total. The van der Waals surface area contributed by atoms with Gasteiger partial charge in [0.1, 0.15) is 0 Å². The molecule has 0 aliphatic heterocycles. The zero-order valence-electron chi connectivity index (χ0n) is 16.8. The Morgan fingerprint density at radius 2 is 1.75 bits per heavy atom. The van der Waals surface area contributed by atoms with E-state index in [9.17, 15) is 14.7 Å². The number of carbonyl (C=O) groups excluding carboxylic acids is 1. The van der Waals surface area contributed by atoms with E-state index in [1.54, 1.807) is 6.07 Å². The topological polar surface area (TPSA) is 59.3 Å². The highest BCUT2D eigenvalue weighted by atomic mass is 16.4. The lowest BCUT2D eigenvalue weighted by Crippen LogP contribution is -2.28. The van der Waals surface area contributed by atoms with Gasteiger partial charge in [0.15, 0.2) is 5.78 Å². The molecule has 0 atom stereocenters. The lowest BCUT2D eigenvalue weighted by Gasteiger charge is -2.30. The van der Waals surface area contributed by atoms with Gasteiger partial charge in [-0.25, -0.2) is 4.79 Å². The highest BCUT2D eigenvalue weighted by molar-refractivity contribution is 6.04. The number of nitrogens with zero attached hydrogens (tertiary/aromatic N) is 1. The summed E-state index contributed by atoms with van der Waals surface area (Å²) in [6.07, 6.45) is 1.45. The second-order valence-electron chi connectivity index (χ2n) is 8.68. The minimum absolute atomic E-state index is 0.0473. The van der Waals surface area contributed by atoms with Gasteiger partial charge in [0.2, 0.25) is 0 Å². The molecule has 1 aliphatic carbocycles. The van der Waals surface area contributed by atoms with Crippen molar-refractivity contribution < 1.29 is 14.7 Å². The van der Waals surface area contributed by atoms with Crippen LogP contribution in [-0.2, 0) is 13.0 Å². The number of ketones is 1. The molecule has 2 aromatic carbocycles. The van der Waals surface area contributed by atoms with Crippen LogP contribution in [0.25, 0.3) is 10.8 Å². The summed E-state index contributed by atoms with van der Waals surface area (Å²) in [5.41, 5.74) is 5.53. The number of aromatic nitrogens is 1. The van der Waals surface area contributed by atoms with E-state index in [4.69, 9.17) is 0 Å². The van der Waals surface area contributed by atoms with E-state index in [-0.39, 0.29) is 11.2 Å². The van der Waals surface area contributed by atoms with E-state index in [0.717, 1.165) is 45.3 Å². The average Bonchev–Trinajstić information content (AvgIpc) is 2.85. The third-order valence-corrected chi connectivity index (χ3v) is 6.07. The van der Waals surface area contributed by atoms with Gasteiger partial charge in [-0.2, -0.15) is 0 Å². The van der Waals surface area contributed by atoms with Crippen molar-refractivity contribution in [2.75, 3.05) is 0 Å². The molecule has 144 valence electrons. The summed E-state index contributed by atoms with van der Waals surface area (Å²) >= 11 is 0. The second kappa shape index (κ2) is 6.33. The van der Waals surface area contributed by atoms with Crippen LogP contribution >= 0.6 is 0 Å². The molecule has 1 aliphatic rings. The van der Waals surface area contributed by atoms with Crippen LogP contribution in [0.15, 0.2) is 36.4 Å². The van der Waals surface area contributed by atoms with Gasteiger partial charge >= 0.3 is 5.97 Å². The highest BCUT2D eigenvalue weighted by Gasteiger charge is 2.35. The minimum Gasteiger partial charge on any atom is -0.478 e. The van der Waals surface area contributed by atoms with Gasteiger partial charge in [0.25, 0.3) is 0 Å². The van der Waals surface area contributed by atoms with Crippen molar-refractivity contribution in [2.24, 2.45) is 5.41 Å². The van der Waals surface area contributed by atoms with E-state index in [2.05, 4.69) is 25.3 Å². The minimum atomic E-state index is -0.916. The van der Waals surface area contributed by atoms with Crippen LogP contribution in [0.4, 0.5) is 0 Å². The Morgan fingerprint density at radius 1 is 1.07 bits per heavy atom. The highest BCUT2D eigenvalue weighted by Crippen LogP contribution is 2.39. The first-order chi connectivity index (χ1) is 13.2. The van der Waals surface area contributed by atoms with E-state index in [0.29, 0.717) is 18.5 Å². The fourth-order valence-corrected chi connectivity index (χ4v) is 4.60. The normalized spacial score (nSPS) is 15.6. The monoisotopic (exact) mass is 375 g/mol. The molecule has 4 heteroatoms. The maximum Gasteiger partial charge on any atom is 0.336 e. The van der Waals surface area contributed by atoms with Crippen molar-refractivity contribution >= 4 is 22.5 Å². The molecule has 0 amide bonds. The summed E-state index contributed by atoms with van der Waals surface area (Å²) in [5, 5.41) is 11.2. The van der Waals surface area contributed by atoms with E-state index in [1.807, 2.05) is 37.3 Å². The van der Waals surface area contributed by atoms with Crippen LogP contribution in [0.3, 0.4) is 0 Å². The van der Waals surface area contributed by atoms with Crippen LogP contribution in [0.1, 0.15) is 63.5 Å². The Labute approximate surface area is 164 Å². The van der Waals surface area contributed by atoms with Crippen LogP contribution < -0.4 is 0 Å². The number of aromatic carboxylic acids is 1. The number of carboxylic acid groups (broad SMARTS) is 1. The number of hydrogen-bond acceptors (Lipinski definition) is 2. The number of rotatable bonds is 3. The maximum absolute atomic E-state index is 12.8. The van der Waals surface area contributed by atoms with Crippen molar-refractivity contribution in [3.63, 3.8) is 0 Å². The number of carboxylic acids is 1. The van der Waals surface area contributed by atoms with E-state index in [1.165, 1.54) is 0 Å². The summed E-state index contributed by atoms with van der Waals surface area (Å²) < 4.78 is 2.26. The fraction of sp³-hybridized carbons (Fsp3) is 0.333. The molecule has 0 spiro atoms. The Bertz CT molecular complexity index is 1130. The average molecular weight is 375 g/mol. The van der Waals surface area contributed by atoms with E-state index >= 15 is 0 Å². The first-order valence-electron chi connectivity index (χ1n) is 9.65. The zero-order chi connectivity index (χ0) is 20.2. The van der Waals surface area contributed by atoms with Gasteiger partial charge < -0.3 is 9.67 Å². The SMILES string of the molecule is Cc1c2c(n(Cc3ccc(C(=O)O)c4ccccc34)c1C)CC(C)(C)CC2=O. The lowest BCUT2D eigenvalue weighted by atomic mass is 9.75. The summed E-state index contributed by atoms with van der Waals surface area (Å²) in [5.74, 6) is -0.683. The molecule has 3 aromatic rings. The summed E-state index contributed by atoms with van der Waals surface area (Å²) in [4.78, 5) is 24.4. The lowest BCUT2D eigenvalue weighted by molar-refractivity contribution is 0.0698. The third-order valence-electron chi connectivity index (χ3n) is 6.07. The van der Waals surface area contributed by atoms with Crippen molar-refractivity contribution in [3.8, 4) is 0 Å². The Kier molecular flexibility index (Phi) is 4.18. The molecule has 1 aromatic heterocycles. The van der Waals surface area contributed by atoms with Crippen LogP contribution in [0.2, 0.25) is 0 Å². The number of hydrogen-bond donors (Lipinski definition) is 1. The molecule has 0 saturated heterocycles. The van der Waals surface area contributed by atoms with Gasteiger partial charge in [-0.1, -0.05) is 44.2 Å². The standard InChI is InChI=1S/C24H25NO3/c1-14-15(2)25(20-11-24(3,4)12-21(26)22(14)20)13-16-9-10-19(23(27)28)18-8-6-5-7-17(16)18/h5-10H,11-13H2,1-4H3,(H,27,28). The predicted molar refractivity (Wildman–Crippen MR) is 110 cm³/mol. The third kappa shape index (κ3) is 2.84. The number of benzene rings is 2. The predicted octanol–water partition coefficient (Wildman–Crippen LogP) is 5.16. The summed E-state index contributed by atoms with van der Waals surface area (Å²) in [7, 11) is 0. The van der Waals surface area contributed by atoms with Crippen LogP contribution in [0.5, 0.6) is 0 Å². The molecule has 0 fully saturated rings. The van der Waals surface area contributed by atoms with Gasteiger partial charge in [-0.3, -0.25) is 4.79 Å². The molecule has 1 heterocycles. The quantitative estimate of drug-likeness (QED) is 0.688. The zero-order valence-corrected chi connectivity index (χ0v) is 16.8. The Balaban J connectivity index is 1.88. The Hall–Kier alpha value is -2.88. The van der Waals surface area contributed by atoms with Crippen molar-refractivity contribution in [3.05, 3.63) is 70.0 Å². The van der Waals surface area contributed by atoms with Crippen LogP contribution in [-0.4, -0.2) is 21.4 Å². The fourth-order valence-electron chi connectivity index (χ4n) is 4.60. The molecule has 0 saturated carbocycles.